The summed E-state index contributed by atoms with van der Waals surface area (Å²) < 4.78 is 5.24. The van der Waals surface area contributed by atoms with E-state index in [2.05, 4.69) is 10.2 Å². The first-order valence-corrected chi connectivity index (χ1v) is 12.5. The van der Waals surface area contributed by atoms with Crippen molar-refractivity contribution < 1.29 is 19.1 Å². The molecule has 0 aromatic heterocycles. The van der Waals surface area contributed by atoms with Crippen LogP contribution < -0.4 is 19.9 Å². The van der Waals surface area contributed by atoms with E-state index >= 15 is 0 Å². The molecule has 0 saturated carbocycles. The van der Waals surface area contributed by atoms with Crippen LogP contribution in [0.25, 0.3) is 0 Å². The molecule has 2 aromatic rings. The lowest BCUT2D eigenvalue weighted by atomic mass is 9.95. The summed E-state index contributed by atoms with van der Waals surface area (Å²) in [5.41, 5.74) is 2.72. The van der Waals surface area contributed by atoms with Crippen LogP contribution in [0.5, 0.6) is 5.75 Å². The van der Waals surface area contributed by atoms with Gasteiger partial charge in [0.15, 0.2) is 0 Å². The Bertz CT molecular complexity index is 1130. The minimum absolute atomic E-state index is 0.0125. The van der Waals surface area contributed by atoms with Gasteiger partial charge in [-0.2, -0.15) is 0 Å². The Hall–Kier alpha value is -3.55. The Balaban J connectivity index is 1.44. The maximum atomic E-state index is 13.6. The zero-order valence-electron chi connectivity index (χ0n) is 20.2. The Morgan fingerprint density at radius 2 is 1.77 bits per heavy atom. The quantitative estimate of drug-likeness (QED) is 0.712. The van der Waals surface area contributed by atoms with E-state index in [0.29, 0.717) is 22.7 Å². The van der Waals surface area contributed by atoms with Crippen molar-refractivity contribution in [3.05, 3.63) is 48.0 Å². The Kier molecular flexibility index (Phi) is 6.61. The first-order valence-electron chi connectivity index (χ1n) is 12.5. The Morgan fingerprint density at radius 1 is 0.971 bits per heavy atom. The number of fused-ring (bicyclic) bond motifs is 3. The first kappa shape index (κ1) is 23.2. The second-order valence-electron chi connectivity index (χ2n) is 9.47. The average Bonchev–Trinajstić information content (AvgIpc) is 2.91. The van der Waals surface area contributed by atoms with Gasteiger partial charge in [-0.15, -0.1) is 0 Å². The van der Waals surface area contributed by atoms with Crippen LogP contribution in [-0.4, -0.2) is 62.0 Å². The van der Waals surface area contributed by atoms with Crippen LogP contribution in [0.2, 0.25) is 0 Å². The molecule has 2 fully saturated rings. The van der Waals surface area contributed by atoms with Gasteiger partial charge in [0.25, 0.3) is 5.91 Å². The van der Waals surface area contributed by atoms with Crippen molar-refractivity contribution in [3.63, 3.8) is 0 Å². The molecule has 3 aliphatic rings. The van der Waals surface area contributed by atoms with Crippen molar-refractivity contribution in [1.82, 2.24) is 4.90 Å². The van der Waals surface area contributed by atoms with Crippen molar-refractivity contribution in [2.45, 2.75) is 44.6 Å². The van der Waals surface area contributed by atoms with Crippen LogP contribution in [0.4, 0.5) is 17.1 Å². The molecular weight excluding hydrogens is 444 g/mol. The van der Waals surface area contributed by atoms with E-state index in [1.54, 1.807) is 42.3 Å². The third-order valence-corrected chi connectivity index (χ3v) is 7.17. The van der Waals surface area contributed by atoms with Gasteiger partial charge >= 0.3 is 0 Å². The number of hydrogen-bond donors (Lipinski definition) is 1. The first-order chi connectivity index (χ1) is 17.0. The normalized spacial score (nSPS) is 19.6. The van der Waals surface area contributed by atoms with Gasteiger partial charge in [0.1, 0.15) is 18.3 Å². The van der Waals surface area contributed by atoms with Gasteiger partial charge < -0.3 is 19.9 Å². The van der Waals surface area contributed by atoms with Gasteiger partial charge in [-0.3, -0.25) is 19.3 Å². The number of benzene rings is 2. The maximum Gasteiger partial charge on any atom is 0.253 e. The summed E-state index contributed by atoms with van der Waals surface area (Å²) in [4.78, 5) is 45.4. The van der Waals surface area contributed by atoms with Crippen LogP contribution in [0.1, 0.15) is 48.9 Å². The van der Waals surface area contributed by atoms with Crippen LogP contribution >= 0.6 is 0 Å². The van der Waals surface area contributed by atoms with Crippen molar-refractivity contribution in [2.24, 2.45) is 0 Å². The highest BCUT2D eigenvalue weighted by Gasteiger charge is 2.40. The number of nitrogens with one attached hydrogen (secondary N) is 1. The maximum absolute atomic E-state index is 13.6. The Labute approximate surface area is 205 Å². The van der Waals surface area contributed by atoms with E-state index in [1.807, 2.05) is 17.0 Å². The minimum Gasteiger partial charge on any atom is -0.497 e. The predicted molar refractivity (Wildman–Crippen MR) is 135 cm³/mol. The number of rotatable bonds is 5. The van der Waals surface area contributed by atoms with Gasteiger partial charge in [0.2, 0.25) is 11.8 Å². The van der Waals surface area contributed by atoms with Gasteiger partial charge in [-0.05, 0) is 68.9 Å². The molecule has 2 aromatic carbocycles. The predicted octanol–water partition coefficient (Wildman–Crippen LogP) is 3.67. The molecule has 8 nitrogen and oxygen atoms in total. The molecule has 0 aliphatic carbocycles. The third kappa shape index (κ3) is 4.70. The molecule has 35 heavy (non-hydrogen) atoms. The third-order valence-electron chi connectivity index (χ3n) is 7.17. The van der Waals surface area contributed by atoms with Crippen LogP contribution in [-0.2, 0) is 9.59 Å². The second kappa shape index (κ2) is 9.98. The van der Waals surface area contributed by atoms with E-state index in [9.17, 15) is 14.4 Å². The smallest absolute Gasteiger partial charge is 0.253 e. The molecule has 1 unspecified atom stereocenters. The van der Waals surface area contributed by atoms with E-state index in [1.165, 1.54) is 0 Å². The molecule has 3 heterocycles. The lowest BCUT2D eigenvalue weighted by Crippen LogP contribution is -2.56. The summed E-state index contributed by atoms with van der Waals surface area (Å²) in [6.45, 7) is 2.20. The van der Waals surface area contributed by atoms with Crippen molar-refractivity contribution >= 4 is 34.8 Å². The number of piperidine rings is 2. The van der Waals surface area contributed by atoms with Gasteiger partial charge in [0, 0.05) is 37.0 Å². The molecule has 8 heteroatoms. The number of carbonyl (C=O) groups excluding carboxylic acids is 3. The fourth-order valence-electron chi connectivity index (χ4n) is 5.38. The van der Waals surface area contributed by atoms with E-state index < -0.39 is 0 Å². The molecule has 1 atom stereocenters. The highest BCUT2D eigenvalue weighted by Crippen LogP contribution is 2.40. The average molecular weight is 477 g/mol. The SMILES string of the molecule is COc1cccc(NC(=O)CN2C(=O)C3CCCCN3c3ccc(C(=O)N4CCCCC4)cc32)c1. The van der Waals surface area contributed by atoms with Crippen LogP contribution in [0, 0.1) is 0 Å². The summed E-state index contributed by atoms with van der Waals surface area (Å²) in [7, 11) is 1.57. The summed E-state index contributed by atoms with van der Waals surface area (Å²) >= 11 is 0. The molecular formula is C27H32N4O4. The number of nitrogens with zero attached hydrogens (tertiary/aromatic N) is 3. The zero-order chi connectivity index (χ0) is 24.4. The number of methoxy groups -OCH3 is 1. The largest absolute Gasteiger partial charge is 0.497 e. The summed E-state index contributed by atoms with van der Waals surface area (Å²) in [6.07, 6.45) is 5.95. The number of carbonyl (C=O) groups is 3. The number of ether oxygens (including phenoxy) is 1. The van der Waals surface area contributed by atoms with Crippen molar-refractivity contribution in [3.8, 4) is 5.75 Å². The van der Waals surface area contributed by atoms with Crippen LogP contribution in [0.15, 0.2) is 42.5 Å². The molecule has 5 rings (SSSR count). The number of anilines is 3. The van der Waals surface area contributed by atoms with Gasteiger partial charge in [-0.25, -0.2) is 0 Å². The summed E-state index contributed by atoms with van der Waals surface area (Å²) in [5.74, 6) is 0.248. The van der Waals surface area contributed by atoms with Crippen LogP contribution in [0.3, 0.4) is 0 Å². The standard InChI is InChI=1S/C27H32N4O4/c1-35-21-9-7-8-20(17-21)28-25(32)18-31-24-16-19(26(33)29-13-4-2-5-14-29)11-12-22(24)30-15-6-3-10-23(30)27(31)34/h7-9,11-12,16-17,23H,2-6,10,13-15,18H2,1H3,(H,28,32). The van der Waals surface area contributed by atoms with Gasteiger partial charge in [0.05, 0.1) is 18.5 Å². The number of hydrogen-bond acceptors (Lipinski definition) is 5. The molecule has 0 bridgehead atoms. The lowest BCUT2D eigenvalue weighted by Gasteiger charge is -2.45. The van der Waals surface area contributed by atoms with E-state index in [-0.39, 0.29) is 30.3 Å². The van der Waals surface area contributed by atoms with E-state index in [4.69, 9.17) is 4.74 Å². The van der Waals surface area contributed by atoms with Gasteiger partial charge in [-0.1, -0.05) is 6.07 Å². The molecule has 3 amide bonds. The zero-order valence-corrected chi connectivity index (χ0v) is 20.2. The molecule has 0 spiro atoms. The molecule has 184 valence electrons. The molecule has 2 saturated heterocycles. The van der Waals surface area contributed by atoms with E-state index in [0.717, 1.165) is 63.8 Å². The Morgan fingerprint density at radius 3 is 2.57 bits per heavy atom. The topological polar surface area (TPSA) is 82.2 Å². The molecule has 0 radical (unpaired) electrons. The van der Waals surface area contributed by atoms with Crippen molar-refractivity contribution in [1.29, 1.82) is 0 Å². The fourth-order valence-corrected chi connectivity index (χ4v) is 5.38. The van der Waals surface area contributed by atoms with Crippen molar-refractivity contribution in [2.75, 3.05) is 48.4 Å². The minimum atomic E-state index is -0.297. The highest BCUT2D eigenvalue weighted by atomic mass is 16.5. The summed E-state index contributed by atoms with van der Waals surface area (Å²) in [6, 6.07) is 12.5. The fraction of sp³-hybridized carbons (Fsp3) is 0.444. The lowest BCUT2D eigenvalue weighted by molar-refractivity contribution is -0.123. The second-order valence-corrected chi connectivity index (χ2v) is 9.47. The highest BCUT2D eigenvalue weighted by molar-refractivity contribution is 6.11. The number of amides is 3. The molecule has 3 aliphatic heterocycles. The number of likely N-dealkylation sites (tertiary alicyclic amines) is 1. The molecule has 1 N–H and O–H groups in total. The summed E-state index contributed by atoms with van der Waals surface area (Å²) in [5, 5.41) is 2.87. The monoisotopic (exact) mass is 476 g/mol.